The van der Waals surface area contributed by atoms with Gasteiger partial charge in [-0.1, -0.05) is 53.5 Å². The molecule has 11 heteroatoms. The van der Waals surface area contributed by atoms with Crippen LogP contribution in [0.5, 0.6) is 5.75 Å². The molecule has 4 aromatic rings. The largest absolute Gasteiger partial charge is 0.494 e. The Hall–Kier alpha value is -3.03. The van der Waals surface area contributed by atoms with Crippen LogP contribution in [0.3, 0.4) is 0 Å². The summed E-state index contributed by atoms with van der Waals surface area (Å²) in [7, 11) is 1.19. The molecule has 2 fully saturated rings. The Bertz CT molecular complexity index is 1730. The molecule has 3 heterocycles. The van der Waals surface area contributed by atoms with Crippen LogP contribution in [0.1, 0.15) is 25.7 Å². The predicted octanol–water partition coefficient (Wildman–Crippen LogP) is 7.99. The summed E-state index contributed by atoms with van der Waals surface area (Å²) < 4.78 is 19.2. The molecule has 0 radical (unpaired) electrons. The Kier molecular flexibility index (Phi) is 8.73. The lowest BCUT2D eigenvalue weighted by atomic mass is 9.71. The fourth-order valence-corrected chi connectivity index (χ4v) is 8.48. The summed E-state index contributed by atoms with van der Waals surface area (Å²) in [4.78, 5) is 13.9. The molecular weight excluding hydrogens is 614 g/mol. The second-order valence-electron chi connectivity index (χ2n) is 12.5. The molecule has 2 aliphatic heterocycles. The van der Waals surface area contributed by atoms with Crippen molar-refractivity contribution in [1.82, 2.24) is 14.9 Å². The van der Waals surface area contributed by atoms with E-state index in [-0.39, 0.29) is 0 Å². The van der Waals surface area contributed by atoms with E-state index in [0.717, 1.165) is 34.9 Å². The van der Waals surface area contributed by atoms with Crippen LogP contribution in [0.15, 0.2) is 54.7 Å². The number of likely N-dealkylation sites (tertiary alicyclic amines) is 1. The van der Waals surface area contributed by atoms with Crippen molar-refractivity contribution in [2.75, 3.05) is 69.2 Å². The van der Waals surface area contributed by atoms with Crippen LogP contribution in [0, 0.1) is 5.41 Å². The van der Waals surface area contributed by atoms with Gasteiger partial charge in [0.25, 0.3) is 0 Å². The highest BCUT2D eigenvalue weighted by Gasteiger charge is 2.37. The molecule has 0 saturated carbocycles. The Labute approximate surface area is 269 Å². The van der Waals surface area contributed by atoms with Gasteiger partial charge in [0.1, 0.15) is 17.9 Å². The van der Waals surface area contributed by atoms with Crippen molar-refractivity contribution in [3.63, 3.8) is 0 Å². The zero-order chi connectivity index (χ0) is 31.1. The number of hydrogen-bond donors (Lipinski definition) is 2. The Balaban J connectivity index is 1.23. The SMILES string of the molecule is COc1cc(N2CCC3(CCN(C)CC3)CC2)c(Cl)cc1Nc1ncc(Cl)c(Nc2ccc3ccccc3c2P(C)(C)=O)n1. The first-order valence-electron chi connectivity index (χ1n) is 15.0. The van der Waals surface area contributed by atoms with Gasteiger partial charge in [0.2, 0.25) is 5.95 Å². The third-order valence-corrected chi connectivity index (χ3v) is 11.3. The van der Waals surface area contributed by atoms with E-state index in [1.165, 1.54) is 45.0 Å². The summed E-state index contributed by atoms with van der Waals surface area (Å²) in [5, 5.41) is 10.3. The average molecular weight is 654 g/mol. The number of piperidine rings is 2. The van der Waals surface area contributed by atoms with Gasteiger partial charge < -0.3 is 29.7 Å². The quantitative estimate of drug-likeness (QED) is 0.194. The maximum absolute atomic E-state index is 13.4. The number of methoxy groups -OCH3 is 1. The normalized spacial score (nSPS) is 17.2. The van der Waals surface area contributed by atoms with Gasteiger partial charge >= 0.3 is 0 Å². The lowest BCUT2D eigenvalue weighted by Gasteiger charge is -2.47. The van der Waals surface area contributed by atoms with Gasteiger partial charge in [-0.15, -0.1) is 0 Å². The number of nitrogens with one attached hydrogen (secondary N) is 2. The zero-order valence-electron chi connectivity index (χ0n) is 25.7. The topological polar surface area (TPSA) is 82.6 Å². The van der Waals surface area contributed by atoms with Crippen molar-refractivity contribution in [1.29, 1.82) is 0 Å². The number of nitrogens with zero attached hydrogens (tertiary/aromatic N) is 4. The van der Waals surface area contributed by atoms with Gasteiger partial charge in [0.05, 0.1) is 35.4 Å². The summed E-state index contributed by atoms with van der Waals surface area (Å²) in [6.45, 7) is 7.86. The monoisotopic (exact) mass is 652 g/mol. The van der Waals surface area contributed by atoms with Crippen molar-refractivity contribution >= 4 is 75.2 Å². The first-order valence-corrected chi connectivity index (χ1v) is 18.4. The van der Waals surface area contributed by atoms with Crippen molar-refractivity contribution in [3.05, 3.63) is 64.8 Å². The zero-order valence-corrected chi connectivity index (χ0v) is 28.1. The second-order valence-corrected chi connectivity index (χ2v) is 16.4. The van der Waals surface area contributed by atoms with E-state index < -0.39 is 7.14 Å². The number of ether oxygens (including phenoxy) is 1. The van der Waals surface area contributed by atoms with E-state index in [1.807, 2.05) is 48.5 Å². The molecule has 0 atom stereocenters. The van der Waals surface area contributed by atoms with E-state index >= 15 is 0 Å². The first-order chi connectivity index (χ1) is 21.0. The third kappa shape index (κ3) is 6.36. The van der Waals surface area contributed by atoms with Crippen molar-refractivity contribution < 1.29 is 9.30 Å². The first kappa shape index (κ1) is 31.0. The molecule has 1 aromatic heterocycles. The molecule has 232 valence electrons. The van der Waals surface area contributed by atoms with Gasteiger partial charge in [-0.3, -0.25) is 0 Å². The molecule has 0 amide bonds. The van der Waals surface area contributed by atoms with Gasteiger partial charge in [-0.2, -0.15) is 4.98 Å². The van der Waals surface area contributed by atoms with E-state index in [4.69, 9.17) is 27.9 Å². The van der Waals surface area contributed by atoms with Crippen molar-refractivity contribution in [2.24, 2.45) is 5.41 Å². The number of aromatic nitrogens is 2. The van der Waals surface area contributed by atoms with E-state index in [1.54, 1.807) is 20.4 Å². The summed E-state index contributed by atoms with van der Waals surface area (Å²) in [6, 6.07) is 15.7. The van der Waals surface area contributed by atoms with Crippen LogP contribution >= 0.6 is 30.3 Å². The summed E-state index contributed by atoms with van der Waals surface area (Å²) in [6.07, 6.45) is 6.43. The van der Waals surface area contributed by atoms with Crippen LogP contribution < -0.4 is 25.6 Å². The maximum atomic E-state index is 13.4. The number of benzene rings is 3. The molecule has 0 unspecified atom stereocenters. The smallest absolute Gasteiger partial charge is 0.229 e. The van der Waals surface area contributed by atoms with E-state index in [0.29, 0.717) is 44.4 Å². The maximum Gasteiger partial charge on any atom is 0.229 e. The lowest BCUT2D eigenvalue weighted by Crippen LogP contribution is -2.46. The molecular formula is C33H39Cl2N6O2P. The Morgan fingerprint density at radius 2 is 1.61 bits per heavy atom. The highest BCUT2D eigenvalue weighted by molar-refractivity contribution is 7.71. The highest BCUT2D eigenvalue weighted by atomic mass is 35.5. The molecule has 8 nitrogen and oxygen atoms in total. The van der Waals surface area contributed by atoms with Crippen molar-refractivity contribution in [2.45, 2.75) is 25.7 Å². The Morgan fingerprint density at radius 1 is 0.909 bits per heavy atom. The highest BCUT2D eigenvalue weighted by Crippen LogP contribution is 2.45. The van der Waals surface area contributed by atoms with Gasteiger partial charge in [0, 0.05) is 24.5 Å². The fraction of sp³-hybridized carbons (Fsp3) is 0.394. The standard InChI is InChI=1S/C33H39Cl2N6O2P/c1-40-15-11-33(12-16-40)13-17-41(18-14-33)28-20-29(43-2)27(19-24(28)34)38-32-36-21-25(35)31(39-32)37-26-10-9-22-7-5-6-8-23(22)30(26)44(3,4)42/h5-10,19-21H,11-18H2,1-4H3,(H2,36,37,38,39). The number of fused-ring (bicyclic) bond motifs is 1. The van der Waals surface area contributed by atoms with Gasteiger partial charge in [-0.05, 0) is 87.5 Å². The minimum atomic E-state index is -2.67. The molecule has 1 spiro atoms. The predicted molar refractivity (Wildman–Crippen MR) is 185 cm³/mol. The number of halogens is 2. The van der Waals surface area contributed by atoms with E-state index in [2.05, 4.69) is 37.4 Å². The minimum Gasteiger partial charge on any atom is -0.494 e. The average Bonchev–Trinajstić information content (AvgIpc) is 3.00. The number of rotatable bonds is 7. The molecule has 6 rings (SSSR count). The van der Waals surface area contributed by atoms with Gasteiger partial charge in [0.15, 0.2) is 5.82 Å². The van der Waals surface area contributed by atoms with Crippen LogP contribution in [-0.4, -0.2) is 68.5 Å². The van der Waals surface area contributed by atoms with Gasteiger partial charge in [-0.25, -0.2) is 4.98 Å². The van der Waals surface area contributed by atoms with Crippen LogP contribution in [0.4, 0.5) is 28.8 Å². The molecule has 0 bridgehead atoms. The minimum absolute atomic E-state index is 0.319. The second kappa shape index (κ2) is 12.4. The van der Waals surface area contributed by atoms with E-state index in [9.17, 15) is 4.57 Å². The summed E-state index contributed by atoms with van der Waals surface area (Å²) in [5.74, 6) is 1.36. The van der Waals surface area contributed by atoms with Crippen LogP contribution in [-0.2, 0) is 4.57 Å². The van der Waals surface area contributed by atoms with Crippen molar-refractivity contribution in [3.8, 4) is 5.75 Å². The molecule has 3 aromatic carbocycles. The van der Waals surface area contributed by atoms with Crippen LogP contribution in [0.2, 0.25) is 10.0 Å². The Morgan fingerprint density at radius 3 is 2.32 bits per heavy atom. The molecule has 2 saturated heterocycles. The molecule has 0 aliphatic carbocycles. The summed E-state index contributed by atoms with van der Waals surface area (Å²) >= 11 is 13.4. The number of anilines is 5. The molecule has 44 heavy (non-hydrogen) atoms. The third-order valence-electron chi connectivity index (χ3n) is 9.16. The fourth-order valence-electron chi connectivity index (χ4n) is 6.57. The number of hydrogen-bond acceptors (Lipinski definition) is 8. The molecule has 2 aliphatic rings. The molecule has 2 N–H and O–H groups in total. The summed E-state index contributed by atoms with van der Waals surface area (Å²) in [5.41, 5.74) is 2.77. The lowest BCUT2D eigenvalue weighted by molar-refractivity contribution is 0.0945. The van der Waals surface area contributed by atoms with Crippen LogP contribution in [0.25, 0.3) is 10.8 Å².